The quantitative estimate of drug-likeness (QED) is 0.785. The summed E-state index contributed by atoms with van der Waals surface area (Å²) in [6.45, 7) is 0. The van der Waals surface area contributed by atoms with Crippen LogP contribution in [0, 0.1) is 0 Å². The highest BCUT2D eigenvalue weighted by Gasteiger charge is 2.22. The Balaban J connectivity index is 2.19. The summed E-state index contributed by atoms with van der Waals surface area (Å²) < 4.78 is 0. The van der Waals surface area contributed by atoms with Crippen molar-refractivity contribution in [3.05, 3.63) is 48.6 Å². The molecular formula is C11H8N4O. The normalized spacial score (nSPS) is 15.1. The van der Waals surface area contributed by atoms with E-state index in [-0.39, 0.29) is 5.78 Å². The second-order valence-electron chi connectivity index (χ2n) is 3.42. The molecule has 0 fully saturated rings. The van der Waals surface area contributed by atoms with Crippen molar-refractivity contribution in [1.82, 2.24) is 19.9 Å². The minimum absolute atomic E-state index is 0.0196. The molecule has 16 heavy (non-hydrogen) atoms. The predicted molar refractivity (Wildman–Crippen MR) is 58.1 cm³/mol. The van der Waals surface area contributed by atoms with Gasteiger partial charge in [-0.1, -0.05) is 0 Å². The number of carbonyl (C=O) groups is 1. The molecule has 2 N–H and O–H groups in total. The molecule has 1 aliphatic carbocycles. The van der Waals surface area contributed by atoms with Gasteiger partial charge in [-0.3, -0.25) is 4.79 Å². The molecule has 0 saturated heterocycles. The van der Waals surface area contributed by atoms with Gasteiger partial charge in [-0.2, -0.15) is 0 Å². The van der Waals surface area contributed by atoms with Crippen molar-refractivity contribution in [1.29, 1.82) is 0 Å². The number of nitrogens with one attached hydrogen (secondary N) is 2. The highest BCUT2D eigenvalue weighted by Crippen LogP contribution is 2.30. The smallest absolute Gasteiger partial charge is 0.188 e. The second-order valence-corrected chi connectivity index (χ2v) is 3.42. The number of H-pyrrole nitrogens is 2. The third-order valence-electron chi connectivity index (χ3n) is 2.47. The van der Waals surface area contributed by atoms with E-state index in [2.05, 4.69) is 19.9 Å². The minimum Gasteiger partial charge on any atom is -0.345 e. The van der Waals surface area contributed by atoms with E-state index in [0.717, 1.165) is 17.0 Å². The van der Waals surface area contributed by atoms with Crippen molar-refractivity contribution >= 4 is 16.9 Å². The van der Waals surface area contributed by atoms with Gasteiger partial charge >= 0.3 is 0 Å². The Morgan fingerprint density at radius 1 is 0.938 bits per heavy atom. The predicted octanol–water partition coefficient (Wildman–Crippen LogP) is 1.18. The Morgan fingerprint density at radius 3 is 2.25 bits per heavy atom. The third-order valence-corrected chi connectivity index (χ3v) is 2.47. The van der Waals surface area contributed by atoms with E-state index in [0.29, 0.717) is 5.57 Å². The Kier molecular flexibility index (Phi) is 1.83. The van der Waals surface area contributed by atoms with Crippen LogP contribution in [0.3, 0.4) is 0 Å². The summed E-state index contributed by atoms with van der Waals surface area (Å²) in [7, 11) is 0. The van der Waals surface area contributed by atoms with E-state index < -0.39 is 0 Å². The summed E-state index contributed by atoms with van der Waals surface area (Å²) in [5.41, 5.74) is 3.01. The molecule has 0 spiro atoms. The van der Waals surface area contributed by atoms with Crippen molar-refractivity contribution in [3.8, 4) is 0 Å². The van der Waals surface area contributed by atoms with Crippen molar-refractivity contribution in [2.24, 2.45) is 0 Å². The van der Waals surface area contributed by atoms with Crippen LogP contribution in [0.15, 0.2) is 37.2 Å². The Morgan fingerprint density at radius 2 is 1.62 bits per heavy atom. The van der Waals surface area contributed by atoms with Crippen molar-refractivity contribution < 1.29 is 4.79 Å². The lowest BCUT2D eigenvalue weighted by Crippen LogP contribution is -1.96. The maximum Gasteiger partial charge on any atom is 0.188 e. The molecule has 0 saturated carbocycles. The first-order valence-electron chi connectivity index (χ1n) is 4.80. The van der Waals surface area contributed by atoms with Gasteiger partial charge in [-0.25, -0.2) is 9.97 Å². The number of hydrogen-bond acceptors (Lipinski definition) is 3. The van der Waals surface area contributed by atoms with Gasteiger partial charge in [-0.15, -0.1) is 0 Å². The van der Waals surface area contributed by atoms with Gasteiger partial charge in [0.1, 0.15) is 0 Å². The summed E-state index contributed by atoms with van der Waals surface area (Å²) in [5.74, 6) is -0.0196. The number of ketones is 1. The van der Waals surface area contributed by atoms with Crippen LogP contribution in [0.5, 0.6) is 0 Å². The minimum atomic E-state index is -0.0196. The molecule has 2 heterocycles. The lowest BCUT2D eigenvalue weighted by molar-refractivity contribution is -0.109. The average molecular weight is 212 g/mol. The number of nitrogens with zero attached hydrogens (tertiary/aromatic N) is 2. The van der Waals surface area contributed by atoms with Crippen LogP contribution in [0.2, 0.25) is 0 Å². The number of allylic oxidation sites excluding steroid dienone is 4. The molecule has 0 radical (unpaired) electrons. The summed E-state index contributed by atoms with van der Waals surface area (Å²) in [5, 5.41) is 0. The molecule has 2 aromatic rings. The van der Waals surface area contributed by atoms with Crippen LogP contribution in [-0.2, 0) is 4.79 Å². The van der Waals surface area contributed by atoms with Crippen molar-refractivity contribution in [3.63, 3.8) is 0 Å². The van der Waals surface area contributed by atoms with Gasteiger partial charge in [0.2, 0.25) is 0 Å². The third kappa shape index (κ3) is 1.22. The first-order valence-corrected chi connectivity index (χ1v) is 4.80. The monoisotopic (exact) mass is 212 g/mol. The van der Waals surface area contributed by atoms with Gasteiger partial charge in [0, 0.05) is 5.57 Å². The fourth-order valence-corrected chi connectivity index (χ4v) is 1.76. The largest absolute Gasteiger partial charge is 0.345 e. The number of aromatic nitrogens is 4. The molecule has 5 nitrogen and oxygen atoms in total. The van der Waals surface area contributed by atoms with Crippen LogP contribution in [-0.4, -0.2) is 25.7 Å². The fraction of sp³-hybridized carbons (Fsp3) is 0. The van der Waals surface area contributed by atoms with Gasteiger partial charge in [-0.05, 0) is 12.2 Å². The molecule has 5 heteroatoms. The molecular weight excluding hydrogens is 204 g/mol. The highest BCUT2D eigenvalue weighted by atomic mass is 16.1. The van der Waals surface area contributed by atoms with Crippen LogP contribution in [0.4, 0.5) is 0 Å². The molecule has 2 aromatic heterocycles. The standard InChI is InChI=1S/C11H8N4O/c16-10-2-1-7(8-3-12-5-14-8)11(10)9-4-13-6-15-9/h1-6H,(H,12,14)(H,13,15). The number of imidazole rings is 2. The van der Waals surface area contributed by atoms with Crippen LogP contribution in [0.1, 0.15) is 11.4 Å². The molecule has 1 aliphatic rings. The summed E-state index contributed by atoms with van der Waals surface area (Å²) >= 11 is 0. The van der Waals surface area contributed by atoms with Crippen molar-refractivity contribution in [2.45, 2.75) is 0 Å². The van der Waals surface area contributed by atoms with Gasteiger partial charge in [0.15, 0.2) is 5.78 Å². The van der Waals surface area contributed by atoms with E-state index in [1.54, 1.807) is 37.2 Å². The topological polar surface area (TPSA) is 74.4 Å². The Labute approximate surface area is 90.9 Å². The number of hydrogen-bond donors (Lipinski definition) is 2. The first kappa shape index (κ1) is 8.84. The number of rotatable bonds is 2. The number of carbonyl (C=O) groups excluding carboxylic acids is 1. The van der Waals surface area contributed by atoms with Gasteiger partial charge in [0.25, 0.3) is 0 Å². The maximum atomic E-state index is 11.8. The van der Waals surface area contributed by atoms with E-state index in [9.17, 15) is 4.79 Å². The van der Waals surface area contributed by atoms with Crippen LogP contribution < -0.4 is 0 Å². The summed E-state index contributed by atoms with van der Waals surface area (Å²) in [6, 6.07) is 0. The average Bonchev–Trinajstić information content (AvgIpc) is 2.96. The van der Waals surface area contributed by atoms with Crippen LogP contribution >= 0.6 is 0 Å². The molecule has 0 unspecified atom stereocenters. The lowest BCUT2D eigenvalue weighted by Gasteiger charge is -2.01. The molecule has 0 atom stereocenters. The maximum absolute atomic E-state index is 11.8. The zero-order valence-corrected chi connectivity index (χ0v) is 8.27. The number of aromatic amines is 2. The highest BCUT2D eigenvalue weighted by molar-refractivity contribution is 6.36. The molecule has 3 rings (SSSR count). The molecule has 0 aliphatic heterocycles. The Hall–Kier alpha value is -2.43. The lowest BCUT2D eigenvalue weighted by atomic mass is 10.1. The van der Waals surface area contributed by atoms with Gasteiger partial charge < -0.3 is 9.97 Å². The molecule has 0 bridgehead atoms. The Bertz CT molecular complexity index is 539. The fourth-order valence-electron chi connectivity index (χ4n) is 1.76. The van der Waals surface area contributed by atoms with Gasteiger partial charge in [0.05, 0.1) is 42.0 Å². The van der Waals surface area contributed by atoms with Crippen LogP contribution in [0.25, 0.3) is 11.1 Å². The van der Waals surface area contributed by atoms with E-state index in [1.807, 2.05) is 0 Å². The molecule has 0 aromatic carbocycles. The summed E-state index contributed by atoms with van der Waals surface area (Å²) in [4.78, 5) is 25.5. The molecule has 78 valence electrons. The van der Waals surface area contributed by atoms with E-state index >= 15 is 0 Å². The first-order chi connectivity index (χ1) is 7.86. The van der Waals surface area contributed by atoms with E-state index in [4.69, 9.17) is 0 Å². The second kappa shape index (κ2) is 3.30. The van der Waals surface area contributed by atoms with Crippen molar-refractivity contribution in [2.75, 3.05) is 0 Å². The zero-order valence-electron chi connectivity index (χ0n) is 8.27. The van der Waals surface area contributed by atoms with E-state index in [1.165, 1.54) is 0 Å². The zero-order chi connectivity index (χ0) is 11.0. The SMILES string of the molecule is O=C1C=CC(c2cnc[nH]2)=C1c1cnc[nH]1. The molecule has 0 amide bonds. The summed E-state index contributed by atoms with van der Waals surface area (Å²) in [6.07, 6.45) is 9.80.